The van der Waals surface area contributed by atoms with Crippen molar-refractivity contribution in [3.8, 4) is 0 Å². The van der Waals surface area contributed by atoms with Crippen LogP contribution in [-0.2, 0) is 43.0 Å². The normalized spacial score (nSPS) is 16.1. The topological polar surface area (TPSA) is 209 Å². The van der Waals surface area contributed by atoms with E-state index in [0.717, 1.165) is 4.90 Å². The molecule has 0 bridgehead atoms. The standard InChI is InChI=1S/C40H72N6O10/c1-17-19-20-25(7)33(56-27(9)47)32(34(48)42-28(18-2)39(53)55-16)46(15)38(52)31(24(5)6)45(14)36(50)29(21-23(3)4)43(12)37(51)30(22-40(10,11)54)44(13)35(49)26(8)41/h17,19,23-26,28-33,54H,18,20-22,41H2,1-16H3,(H,42,48)/b19-17+/t25-,26-,28+,29+,30+,31+,32+,33-/m1/s1. The molecule has 0 aromatic rings. The summed E-state index contributed by atoms with van der Waals surface area (Å²) in [4.78, 5) is 101. The van der Waals surface area contributed by atoms with Gasteiger partial charge in [-0.2, -0.15) is 0 Å². The molecule has 0 heterocycles. The lowest BCUT2D eigenvalue weighted by atomic mass is 9.91. The van der Waals surface area contributed by atoms with E-state index in [1.165, 1.54) is 77.7 Å². The van der Waals surface area contributed by atoms with Crippen LogP contribution >= 0.6 is 0 Å². The molecule has 0 aliphatic heterocycles. The zero-order valence-corrected chi connectivity index (χ0v) is 36.7. The highest BCUT2D eigenvalue weighted by atomic mass is 16.5. The molecule has 56 heavy (non-hydrogen) atoms. The minimum atomic E-state index is -1.44. The Morgan fingerprint density at radius 3 is 1.71 bits per heavy atom. The summed E-state index contributed by atoms with van der Waals surface area (Å²) in [5.41, 5.74) is 4.50. The zero-order chi connectivity index (χ0) is 44.0. The molecule has 0 aliphatic rings. The van der Waals surface area contributed by atoms with Gasteiger partial charge in [0.1, 0.15) is 36.3 Å². The van der Waals surface area contributed by atoms with Crippen LogP contribution in [0.15, 0.2) is 12.2 Å². The zero-order valence-electron chi connectivity index (χ0n) is 36.7. The number of carbonyl (C=O) groups is 7. The minimum absolute atomic E-state index is 0.0998. The second kappa shape index (κ2) is 23.2. The molecule has 4 N–H and O–H groups in total. The SMILES string of the molecule is C/C=C/C[C@@H](C)[C@@H](OC(C)=O)[C@@H](C(=O)N[C@@H](CC)C(=O)OC)N(C)C(=O)[C@H](C(C)C)N(C)C(=O)[C@H](CC(C)C)N(C)C(=O)[C@H](CC(C)(C)O)N(C)C(=O)[C@@H](C)N. The molecule has 0 saturated carbocycles. The van der Waals surface area contributed by atoms with Crippen LogP contribution in [-0.4, -0.2) is 149 Å². The van der Waals surface area contributed by atoms with Gasteiger partial charge in [0.05, 0.1) is 18.8 Å². The van der Waals surface area contributed by atoms with Crippen LogP contribution in [0, 0.1) is 17.8 Å². The maximum atomic E-state index is 14.7. The smallest absolute Gasteiger partial charge is 0.328 e. The first-order valence-corrected chi connectivity index (χ1v) is 19.4. The molecular weight excluding hydrogens is 724 g/mol. The largest absolute Gasteiger partial charge is 0.467 e. The summed E-state index contributed by atoms with van der Waals surface area (Å²) in [6.07, 6.45) is 3.09. The van der Waals surface area contributed by atoms with Gasteiger partial charge in [-0.15, -0.1) is 0 Å². The summed E-state index contributed by atoms with van der Waals surface area (Å²) in [6, 6.07) is -6.87. The number of methoxy groups -OCH3 is 1. The Morgan fingerprint density at radius 1 is 0.804 bits per heavy atom. The lowest BCUT2D eigenvalue weighted by Crippen LogP contribution is -2.63. The first-order valence-electron chi connectivity index (χ1n) is 19.4. The number of nitrogens with one attached hydrogen (secondary N) is 1. The van der Waals surface area contributed by atoms with Gasteiger partial charge in [0.25, 0.3) is 0 Å². The van der Waals surface area contributed by atoms with E-state index in [9.17, 15) is 38.7 Å². The predicted molar refractivity (Wildman–Crippen MR) is 213 cm³/mol. The second-order valence-corrected chi connectivity index (χ2v) is 16.2. The molecule has 5 amide bonds. The first-order chi connectivity index (χ1) is 25.7. The van der Waals surface area contributed by atoms with Gasteiger partial charge >= 0.3 is 11.9 Å². The highest BCUT2D eigenvalue weighted by Gasteiger charge is 2.46. The van der Waals surface area contributed by atoms with E-state index >= 15 is 0 Å². The predicted octanol–water partition coefficient (Wildman–Crippen LogP) is 2.11. The van der Waals surface area contributed by atoms with E-state index in [4.69, 9.17) is 15.2 Å². The van der Waals surface area contributed by atoms with Gasteiger partial charge < -0.3 is 45.2 Å². The molecule has 322 valence electrons. The van der Waals surface area contributed by atoms with Gasteiger partial charge in [-0.3, -0.25) is 28.8 Å². The van der Waals surface area contributed by atoms with Gasteiger partial charge in [0, 0.05) is 41.5 Å². The van der Waals surface area contributed by atoms with E-state index in [0.29, 0.717) is 6.42 Å². The number of nitrogens with zero attached hydrogens (tertiary/aromatic N) is 4. The molecule has 0 saturated heterocycles. The fourth-order valence-electron chi connectivity index (χ4n) is 6.65. The maximum Gasteiger partial charge on any atom is 0.328 e. The van der Waals surface area contributed by atoms with Crippen LogP contribution in [0.25, 0.3) is 0 Å². The first kappa shape index (κ1) is 52.0. The van der Waals surface area contributed by atoms with Gasteiger partial charge in [-0.25, -0.2) is 4.79 Å². The molecule has 0 radical (unpaired) electrons. The fourth-order valence-corrected chi connectivity index (χ4v) is 6.65. The van der Waals surface area contributed by atoms with E-state index in [1.807, 2.05) is 32.9 Å². The Labute approximate surface area is 334 Å². The number of esters is 2. The second-order valence-electron chi connectivity index (χ2n) is 16.2. The number of aliphatic hydroxyl groups is 1. The van der Waals surface area contributed by atoms with Crippen molar-refractivity contribution in [3.05, 3.63) is 12.2 Å². The van der Waals surface area contributed by atoms with Crippen LogP contribution in [0.2, 0.25) is 0 Å². The minimum Gasteiger partial charge on any atom is -0.467 e. The molecule has 0 aromatic heterocycles. The van der Waals surface area contributed by atoms with Crippen molar-refractivity contribution in [2.24, 2.45) is 23.5 Å². The van der Waals surface area contributed by atoms with Crippen molar-refractivity contribution < 1.29 is 48.1 Å². The summed E-state index contributed by atoms with van der Waals surface area (Å²) in [7, 11) is 6.89. The van der Waals surface area contributed by atoms with Gasteiger partial charge in [-0.05, 0) is 64.7 Å². The number of rotatable bonds is 22. The van der Waals surface area contributed by atoms with Crippen molar-refractivity contribution in [2.45, 2.75) is 150 Å². The number of nitrogens with two attached hydrogens (primary N) is 1. The van der Waals surface area contributed by atoms with Crippen LogP contribution < -0.4 is 11.1 Å². The Balaban J connectivity index is 7.28. The van der Waals surface area contributed by atoms with E-state index in [1.54, 1.807) is 27.7 Å². The van der Waals surface area contributed by atoms with Gasteiger partial charge in [0.2, 0.25) is 29.5 Å². The molecule has 0 aromatic carbocycles. The van der Waals surface area contributed by atoms with E-state index in [2.05, 4.69) is 5.32 Å². The molecule has 16 heteroatoms. The van der Waals surface area contributed by atoms with Crippen molar-refractivity contribution in [2.75, 3.05) is 35.3 Å². The summed E-state index contributed by atoms with van der Waals surface area (Å²) in [5.74, 6) is -5.61. The fraction of sp³-hybridized carbons (Fsp3) is 0.775. The number of likely N-dealkylation sites (N-methyl/N-ethyl adjacent to an activating group) is 4. The summed E-state index contributed by atoms with van der Waals surface area (Å²) in [5, 5.41) is 13.4. The Morgan fingerprint density at radius 2 is 1.30 bits per heavy atom. The highest BCUT2D eigenvalue weighted by Crippen LogP contribution is 2.26. The van der Waals surface area contributed by atoms with Crippen LogP contribution in [0.1, 0.15) is 102 Å². The third kappa shape index (κ3) is 15.1. The van der Waals surface area contributed by atoms with Crippen LogP contribution in [0.4, 0.5) is 0 Å². The Bertz CT molecular complexity index is 1380. The summed E-state index contributed by atoms with van der Waals surface area (Å²) < 4.78 is 10.6. The Hall–Kier alpha value is -4.05. The quantitative estimate of drug-likeness (QED) is 0.107. The van der Waals surface area contributed by atoms with E-state index < -0.39 is 101 Å². The Kier molecular flexibility index (Phi) is 21.6. The monoisotopic (exact) mass is 797 g/mol. The molecule has 0 spiro atoms. The number of allylic oxidation sites excluding steroid dienone is 2. The maximum absolute atomic E-state index is 14.7. The molecular formula is C40H72N6O10. The average Bonchev–Trinajstić information content (AvgIpc) is 3.10. The molecule has 8 atom stereocenters. The molecule has 0 fully saturated rings. The van der Waals surface area contributed by atoms with Gasteiger partial charge in [-0.1, -0.05) is 53.7 Å². The number of carbonyl (C=O) groups excluding carboxylic acids is 7. The van der Waals surface area contributed by atoms with Crippen LogP contribution in [0.3, 0.4) is 0 Å². The molecule has 16 nitrogen and oxygen atoms in total. The lowest BCUT2D eigenvalue weighted by Gasteiger charge is -2.42. The number of ether oxygens (including phenoxy) is 2. The average molecular weight is 797 g/mol. The highest BCUT2D eigenvalue weighted by molar-refractivity contribution is 5.96. The summed E-state index contributed by atoms with van der Waals surface area (Å²) in [6.45, 7) is 18.2. The van der Waals surface area contributed by atoms with Gasteiger partial charge in [0.15, 0.2) is 0 Å². The molecule has 0 rings (SSSR count). The van der Waals surface area contributed by atoms with E-state index in [-0.39, 0.29) is 25.2 Å². The summed E-state index contributed by atoms with van der Waals surface area (Å²) >= 11 is 0. The third-order valence-electron chi connectivity index (χ3n) is 9.79. The number of hydrogen-bond donors (Lipinski definition) is 3. The van der Waals surface area contributed by atoms with Crippen molar-refractivity contribution >= 4 is 41.5 Å². The molecule has 0 unspecified atom stereocenters. The van der Waals surface area contributed by atoms with Crippen molar-refractivity contribution in [1.82, 2.24) is 24.9 Å². The lowest BCUT2D eigenvalue weighted by molar-refractivity contribution is -0.164. The number of amides is 5. The van der Waals surface area contributed by atoms with Crippen molar-refractivity contribution in [1.29, 1.82) is 0 Å². The number of hydrogen-bond acceptors (Lipinski definition) is 11. The van der Waals surface area contributed by atoms with Crippen molar-refractivity contribution in [3.63, 3.8) is 0 Å². The van der Waals surface area contributed by atoms with Crippen LogP contribution in [0.5, 0.6) is 0 Å². The molecule has 0 aliphatic carbocycles. The third-order valence-corrected chi connectivity index (χ3v) is 9.79.